The molecule has 2 saturated carbocycles. The van der Waals surface area contributed by atoms with Crippen LogP contribution >= 0.6 is 0 Å². The van der Waals surface area contributed by atoms with E-state index >= 15 is 0 Å². The quantitative estimate of drug-likeness (QED) is 0.455. The second kappa shape index (κ2) is 7.59. The average Bonchev–Trinajstić information content (AvgIpc) is 3.27. The van der Waals surface area contributed by atoms with E-state index in [1.807, 2.05) is 29.3 Å². The van der Waals surface area contributed by atoms with Crippen molar-refractivity contribution in [1.82, 2.24) is 14.5 Å². The number of methoxy groups -OCH3 is 1. The number of nitrogens with two attached hydrogens (primary N) is 1. The number of carbonyl (C=O) groups excluding carboxylic acids is 1. The van der Waals surface area contributed by atoms with Crippen LogP contribution in [-0.4, -0.2) is 46.1 Å². The minimum atomic E-state index is 0.00972. The largest absolute Gasteiger partial charge is 0.496 e. The van der Waals surface area contributed by atoms with E-state index in [9.17, 15) is 4.79 Å². The van der Waals surface area contributed by atoms with Gasteiger partial charge in [0.1, 0.15) is 17.0 Å². The van der Waals surface area contributed by atoms with E-state index in [1.165, 1.54) is 12.8 Å². The smallest absolute Gasteiger partial charge is 0.254 e. The first-order chi connectivity index (χ1) is 17.0. The molecule has 4 aromatic rings. The summed E-state index contributed by atoms with van der Waals surface area (Å²) >= 11 is 0. The Kier molecular flexibility index (Phi) is 4.55. The molecule has 2 unspecified atom stereocenters. The van der Waals surface area contributed by atoms with Crippen LogP contribution in [0.4, 0.5) is 0 Å². The fourth-order valence-corrected chi connectivity index (χ4v) is 6.34. The first-order valence-electron chi connectivity index (χ1n) is 12.7. The van der Waals surface area contributed by atoms with E-state index in [0.717, 1.165) is 59.4 Å². The van der Waals surface area contributed by atoms with Crippen molar-refractivity contribution in [3.8, 4) is 17.2 Å². The molecule has 0 radical (unpaired) electrons. The van der Waals surface area contributed by atoms with Gasteiger partial charge in [0.05, 0.1) is 18.2 Å². The molecule has 7 nitrogen and oxygen atoms in total. The third kappa shape index (κ3) is 3.14. The highest BCUT2D eigenvalue weighted by Crippen LogP contribution is 2.43. The van der Waals surface area contributed by atoms with Crippen molar-refractivity contribution in [2.45, 2.75) is 51.2 Å². The second-order valence-corrected chi connectivity index (χ2v) is 10.5. The molecule has 35 heavy (non-hydrogen) atoms. The summed E-state index contributed by atoms with van der Waals surface area (Å²) in [5, 5.41) is 2.01. The molecule has 7 rings (SSSR count). The van der Waals surface area contributed by atoms with Gasteiger partial charge in [0.25, 0.3) is 5.91 Å². The van der Waals surface area contributed by atoms with Crippen molar-refractivity contribution < 1.29 is 13.9 Å². The predicted molar refractivity (Wildman–Crippen MR) is 134 cm³/mol. The fourth-order valence-electron chi connectivity index (χ4n) is 6.34. The van der Waals surface area contributed by atoms with E-state index in [4.69, 9.17) is 14.9 Å². The molecule has 2 aliphatic carbocycles. The number of aromatic nitrogens is 2. The standard InChI is InChI=1S/C28H30N4O3/c1-15-24-22(34-2)11-19(28(33)32-14-18-7-8-20(32)25(18)29)12-23(24)35-26(15)21-10-17-4-3-9-30-27(17)31(21)13-16-5-6-16/h3-4,9-12,16,18,20,25H,5-8,13-14,29H2,1-2H3/t18?,20?,25-/m1/s1. The van der Waals surface area contributed by atoms with Gasteiger partial charge in [0, 0.05) is 47.9 Å². The third-order valence-electron chi connectivity index (χ3n) is 8.40. The van der Waals surface area contributed by atoms with Crippen LogP contribution in [0.3, 0.4) is 0 Å². The van der Waals surface area contributed by atoms with Gasteiger partial charge < -0.3 is 24.4 Å². The summed E-state index contributed by atoms with van der Waals surface area (Å²) in [6.45, 7) is 3.74. The summed E-state index contributed by atoms with van der Waals surface area (Å²) in [7, 11) is 1.65. The zero-order valence-electron chi connectivity index (χ0n) is 20.2. The lowest BCUT2D eigenvalue weighted by Gasteiger charge is -2.27. The van der Waals surface area contributed by atoms with Crippen LogP contribution < -0.4 is 10.5 Å². The number of carbonyl (C=O) groups is 1. The van der Waals surface area contributed by atoms with Gasteiger partial charge in [0.2, 0.25) is 0 Å². The molecule has 180 valence electrons. The highest BCUT2D eigenvalue weighted by atomic mass is 16.5. The molecule has 1 amide bonds. The van der Waals surface area contributed by atoms with Crippen LogP contribution in [0, 0.1) is 18.8 Å². The number of aryl methyl sites for hydroxylation is 1. The number of pyridine rings is 1. The topological polar surface area (TPSA) is 86.5 Å². The second-order valence-electron chi connectivity index (χ2n) is 10.5. The van der Waals surface area contributed by atoms with Gasteiger partial charge in [-0.1, -0.05) is 0 Å². The Hall–Kier alpha value is -3.32. The molecule has 2 bridgehead atoms. The SMILES string of the molecule is COc1cc(C(=O)N2CC3CCC2[C@@H]3N)cc2oc(-c3cc4cccnc4n3CC3CC3)c(C)c12. The van der Waals surface area contributed by atoms with Crippen LogP contribution in [0.5, 0.6) is 5.75 Å². The summed E-state index contributed by atoms with van der Waals surface area (Å²) in [5.41, 5.74) is 10.6. The van der Waals surface area contributed by atoms with Crippen LogP contribution in [0.25, 0.3) is 33.5 Å². The Bertz CT molecular complexity index is 1480. The number of fused-ring (bicyclic) bond motifs is 4. The first kappa shape index (κ1) is 21.0. The number of likely N-dealkylation sites (tertiary alicyclic amines) is 1. The first-order valence-corrected chi connectivity index (χ1v) is 12.7. The molecule has 0 spiro atoms. The number of piperidine rings is 1. The monoisotopic (exact) mass is 470 g/mol. The van der Waals surface area contributed by atoms with Crippen molar-refractivity contribution in [3.05, 3.63) is 47.7 Å². The number of benzene rings is 1. The van der Waals surface area contributed by atoms with Crippen molar-refractivity contribution in [2.24, 2.45) is 17.6 Å². The highest BCUT2D eigenvalue weighted by molar-refractivity contribution is 6.02. The minimum Gasteiger partial charge on any atom is -0.496 e. The normalized spacial score (nSPS) is 23.6. The Morgan fingerprint density at radius 2 is 2.09 bits per heavy atom. The predicted octanol–water partition coefficient (Wildman–Crippen LogP) is 4.74. The minimum absolute atomic E-state index is 0.00972. The Morgan fingerprint density at radius 1 is 1.23 bits per heavy atom. The molecule has 3 aromatic heterocycles. The number of nitrogens with zero attached hydrogens (tertiary/aromatic N) is 3. The van der Waals surface area contributed by atoms with E-state index in [1.54, 1.807) is 7.11 Å². The zero-order chi connectivity index (χ0) is 23.8. The summed E-state index contributed by atoms with van der Waals surface area (Å²) in [4.78, 5) is 20.1. The number of rotatable bonds is 5. The van der Waals surface area contributed by atoms with Gasteiger partial charge >= 0.3 is 0 Å². The van der Waals surface area contributed by atoms with Crippen LogP contribution in [0.1, 0.15) is 41.6 Å². The van der Waals surface area contributed by atoms with Gasteiger partial charge in [0.15, 0.2) is 5.76 Å². The third-order valence-corrected chi connectivity index (χ3v) is 8.40. The number of hydrogen-bond acceptors (Lipinski definition) is 5. The Morgan fingerprint density at radius 3 is 2.80 bits per heavy atom. The molecule has 4 heterocycles. The van der Waals surface area contributed by atoms with E-state index in [-0.39, 0.29) is 18.0 Å². The van der Waals surface area contributed by atoms with Crippen molar-refractivity contribution >= 4 is 27.9 Å². The highest BCUT2D eigenvalue weighted by Gasteiger charge is 2.47. The molecular formula is C28H30N4O3. The van der Waals surface area contributed by atoms with E-state index in [0.29, 0.717) is 28.7 Å². The van der Waals surface area contributed by atoms with Gasteiger partial charge in [-0.15, -0.1) is 0 Å². The number of amides is 1. The lowest BCUT2D eigenvalue weighted by molar-refractivity contribution is 0.0700. The Labute approximate surface area is 203 Å². The van der Waals surface area contributed by atoms with Crippen LogP contribution in [0.2, 0.25) is 0 Å². The number of ether oxygens (including phenoxy) is 1. The molecule has 3 fully saturated rings. The van der Waals surface area contributed by atoms with Gasteiger partial charge in [-0.3, -0.25) is 4.79 Å². The average molecular weight is 471 g/mol. The van der Waals surface area contributed by atoms with Gasteiger partial charge in [-0.25, -0.2) is 4.98 Å². The number of furan rings is 1. The van der Waals surface area contributed by atoms with Crippen molar-refractivity contribution in [2.75, 3.05) is 13.7 Å². The molecule has 1 aromatic carbocycles. The summed E-state index contributed by atoms with van der Waals surface area (Å²) in [6, 6.07) is 10.2. The molecule has 1 aliphatic heterocycles. The fraction of sp³-hybridized carbons (Fsp3) is 0.429. The molecular weight excluding hydrogens is 440 g/mol. The summed E-state index contributed by atoms with van der Waals surface area (Å²) in [6.07, 6.45) is 6.46. The van der Waals surface area contributed by atoms with Crippen molar-refractivity contribution in [3.63, 3.8) is 0 Å². The molecule has 3 aliphatic rings. The molecule has 3 atom stereocenters. The summed E-state index contributed by atoms with van der Waals surface area (Å²) in [5.74, 6) is 2.58. The lowest BCUT2D eigenvalue weighted by atomic mass is 10.0. The van der Waals surface area contributed by atoms with Gasteiger partial charge in [-0.05, 0) is 74.8 Å². The molecule has 7 heteroatoms. The van der Waals surface area contributed by atoms with Crippen molar-refractivity contribution in [1.29, 1.82) is 0 Å². The van der Waals surface area contributed by atoms with Crippen LogP contribution in [-0.2, 0) is 6.54 Å². The molecule has 1 saturated heterocycles. The van der Waals surface area contributed by atoms with E-state index in [2.05, 4.69) is 28.6 Å². The lowest BCUT2D eigenvalue weighted by Crippen LogP contribution is -2.41. The maximum absolute atomic E-state index is 13.5. The number of hydrogen-bond donors (Lipinski definition) is 1. The zero-order valence-corrected chi connectivity index (χ0v) is 20.2. The summed E-state index contributed by atoms with van der Waals surface area (Å²) < 4.78 is 14.6. The maximum atomic E-state index is 13.5. The van der Waals surface area contributed by atoms with Gasteiger partial charge in [-0.2, -0.15) is 0 Å². The Balaban J connectivity index is 1.35. The van der Waals surface area contributed by atoms with Crippen LogP contribution in [0.15, 0.2) is 40.9 Å². The molecule has 2 N–H and O–H groups in total. The maximum Gasteiger partial charge on any atom is 0.254 e. The van der Waals surface area contributed by atoms with E-state index < -0.39 is 0 Å².